The largest absolute Gasteiger partial charge is 0.505 e. The summed E-state index contributed by atoms with van der Waals surface area (Å²) in [5.74, 6) is -2.45. The lowest BCUT2D eigenvalue weighted by Crippen LogP contribution is -2.15. The van der Waals surface area contributed by atoms with E-state index in [1.807, 2.05) is 6.07 Å². The summed E-state index contributed by atoms with van der Waals surface area (Å²) in [5, 5.41) is 23.1. The van der Waals surface area contributed by atoms with Gasteiger partial charge in [0.25, 0.3) is 5.91 Å². The number of hydrogen-bond donors (Lipinski definition) is 4. The van der Waals surface area contributed by atoms with Gasteiger partial charge in [0.05, 0.1) is 11.3 Å². The fourth-order valence-electron chi connectivity index (χ4n) is 3.37. The molecule has 34 heavy (non-hydrogen) atoms. The Balaban J connectivity index is 1.80. The Morgan fingerprint density at radius 2 is 1.38 bits per heavy atom. The third-order valence-electron chi connectivity index (χ3n) is 5.02. The minimum absolute atomic E-state index is 0.000199. The molecule has 0 spiro atoms. The van der Waals surface area contributed by atoms with Crippen molar-refractivity contribution in [1.29, 1.82) is 0 Å². The molecular formula is C25H19N5O4. The molecule has 0 bridgehead atoms. The standard InChI is InChI=1S/C25H19N5O4/c26-23(32)15-10-16(24(27)33)12-18(11-15)29-30-21-19-9-5-4-6-14(19)13-20(22(21)31)25(34)28-17-7-2-1-3-8-17/h1-13,31H,(H2,26,32)(H2,27,33)(H,28,34)/b30-29-. The number of hydrogen-bond acceptors (Lipinski definition) is 6. The average Bonchev–Trinajstić information content (AvgIpc) is 2.83. The summed E-state index contributed by atoms with van der Waals surface area (Å²) < 4.78 is 0. The van der Waals surface area contributed by atoms with Crippen molar-refractivity contribution >= 4 is 45.6 Å². The number of carbonyl (C=O) groups is 3. The molecule has 0 unspecified atom stereocenters. The number of nitrogens with one attached hydrogen (secondary N) is 1. The normalized spacial score (nSPS) is 10.9. The van der Waals surface area contributed by atoms with Crippen LogP contribution in [0.3, 0.4) is 0 Å². The molecule has 0 aliphatic rings. The monoisotopic (exact) mass is 453 g/mol. The number of primary amides is 2. The summed E-state index contributed by atoms with van der Waals surface area (Å²) in [6.07, 6.45) is 0. The number of phenols is 1. The number of aromatic hydroxyl groups is 1. The van der Waals surface area contributed by atoms with Gasteiger partial charge in [-0.1, -0.05) is 42.5 Å². The molecule has 9 heteroatoms. The second-order valence-electron chi connectivity index (χ2n) is 7.36. The van der Waals surface area contributed by atoms with E-state index in [1.165, 1.54) is 18.2 Å². The van der Waals surface area contributed by atoms with E-state index >= 15 is 0 Å². The molecule has 0 fully saturated rings. The third kappa shape index (κ3) is 4.58. The van der Waals surface area contributed by atoms with Gasteiger partial charge in [-0.05, 0) is 41.8 Å². The number of rotatable bonds is 6. The third-order valence-corrected chi connectivity index (χ3v) is 5.02. The van der Waals surface area contributed by atoms with Crippen LogP contribution in [0.5, 0.6) is 5.75 Å². The van der Waals surface area contributed by atoms with E-state index in [0.29, 0.717) is 16.5 Å². The highest BCUT2D eigenvalue weighted by molar-refractivity contribution is 6.11. The Morgan fingerprint density at radius 3 is 2.03 bits per heavy atom. The zero-order valence-corrected chi connectivity index (χ0v) is 17.7. The van der Waals surface area contributed by atoms with Crippen LogP contribution in [0.2, 0.25) is 0 Å². The highest BCUT2D eigenvalue weighted by Crippen LogP contribution is 2.39. The van der Waals surface area contributed by atoms with Gasteiger partial charge in [-0.2, -0.15) is 5.11 Å². The summed E-state index contributed by atoms with van der Waals surface area (Å²) in [7, 11) is 0. The second-order valence-corrected chi connectivity index (χ2v) is 7.36. The van der Waals surface area contributed by atoms with Gasteiger partial charge in [0.15, 0.2) is 5.75 Å². The van der Waals surface area contributed by atoms with E-state index in [4.69, 9.17) is 11.5 Å². The molecule has 168 valence electrons. The highest BCUT2D eigenvalue weighted by Gasteiger charge is 2.19. The van der Waals surface area contributed by atoms with Crippen LogP contribution in [-0.2, 0) is 0 Å². The minimum atomic E-state index is -0.771. The molecule has 0 atom stereocenters. The summed E-state index contributed by atoms with van der Waals surface area (Å²) in [6, 6.07) is 21.3. The van der Waals surface area contributed by atoms with Crippen molar-refractivity contribution < 1.29 is 19.5 Å². The van der Waals surface area contributed by atoms with E-state index in [0.717, 1.165) is 0 Å². The molecule has 9 nitrogen and oxygen atoms in total. The number of para-hydroxylation sites is 1. The Labute approximate surface area is 193 Å². The first-order valence-corrected chi connectivity index (χ1v) is 10.1. The Kier molecular flexibility index (Phi) is 6.00. The van der Waals surface area contributed by atoms with Gasteiger partial charge < -0.3 is 21.9 Å². The number of amides is 3. The molecule has 4 aromatic rings. The van der Waals surface area contributed by atoms with E-state index in [9.17, 15) is 19.5 Å². The first-order chi connectivity index (χ1) is 16.3. The van der Waals surface area contributed by atoms with Crippen LogP contribution in [0.25, 0.3) is 10.8 Å². The maximum atomic E-state index is 12.9. The number of nitrogens with two attached hydrogens (primary N) is 2. The summed E-state index contributed by atoms with van der Waals surface area (Å²) >= 11 is 0. The summed E-state index contributed by atoms with van der Waals surface area (Å²) in [6.45, 7) is 0. The van der Waals surface area contributed by atoms with Crippen molar-refractivity contribution in [2.75, 3.05) is 5.32 Å². The van der Waals surface area contributed by atoms with E-state index < -0.39 is 17.7 Å². The molecule has 0 aromatic heterocycles. The number of phenolic OH excluding ortho intramolecular Hbond substituents is 1. The van der Waals surface area contributed by atoms with Crippen molar-refractivity contribution in [1.82, 2.24) is 0 Å². The van der Waals surface area contributed by atoms with Crippen molar-refractivity contribution in [2.45, 2.75) is 0 Å². The van der Waals surface area contributed by atoms with Gasteiger partial charge in [-0.25, -0.2) is 0 Å². The van der Waals surface area contributed by atoms with Crippen molar-refractivity contribution in [3.63, 3.8) is 0 Å². The van der Waals surface area contributed by atoms with Crippen LogP contribution in [0, 0.1) is 0 Å². The van der Waals surface area contributed by atoms with Crippen molar-refractivity contribution in [3.8, 4) is 5.75 Å². The molecule has 4 aromatic carbocycles. The number of fused-ring (bicyclic) bond motifs is 1. The topological polar surface area (TPSA) is 160 Å². The van der Waals surface area contributed by atoms with Gasteiger partial charge >= 0.3 is 0 Å². The number of anilines is 1. The lowest BCUT2D eigenvalue weighted by molar-refractivity contribution is 0.0996. The van der Waals surface area contributed by atoms with Crippen molar-refractivity contribution in [2.24, 2.45) is 21.7 Å². The predicted molar refractivity (Wildman–Crippen MR) is 128 cm³/mol. The number of nitrogens with zero attached hydrogens (tertiary/aromatic N) is 2. The predicted octanol–water partition coefficient (Wildman–Crippen LogP) is 4.41. The van der Waals surface area contributed by atoms with Gasteiger partial charge in [-0.15, -0.1) is 5.11 Å². The zero-order valence-electron chi connectivity index (χ0n) is 17.7. The second kappa shape index (κ2) is 9.21. The zero-order chi connectivity index (χ0) is 24.2. The van der Waals surface area contributed by atoms with E-state index in [1.54, 1.807) is 54.6 Å². The molecule has 3 amide bonds. The molecule has 0 saturated heterocycles. The Bertz CT molecular complexity index is 1430. The summed E-state index contributed by atoms with van der Waals surface area (Å²) in [4.78, 5) is 36.1. The lowest BCUT2D eigenvalue weighted by atomic mass is 10.0. The minimum Gasteiger partial charge on any atom is -0.505 e. The van der Waals surface area contributed by atoms with E-state index in [2.05, 4.69) is 15.5 Å². The quantitative estimate of drug-likeness (QED) is 0.318. The lowest BCUT2D eigenvalue weighted by Gasteiger charge is -2.11. The van der Waals surface area contributed by atoms with Gasteiger partial charge in [0.2, 0.25) is 11.8 Å². The molecule has 0 aliphatic heterocycles. The number of azo groups is 1. The van der Waals surface area contributed by atoms with Crippen LogP contribution in [0.15, 0.2) is 89.1 Å². The van der Waals surface area contributed by atoms with Crippen LogP contribution < -0.4 is 16.8 Å². The fraction of sp³-hybridized carbons (Fsp3) is 0. The molecule has 6 N–H and O–H groups in total. The van der Waals surface area contributed by atoms with Crippen LogP contribution >= 0.6 is 0 Å². The van der Waals surface area contributed by atoms with Gasteiger partial charge in [-0.3, -0.25) is 14.4 Å². The van der Waals surface area contributed by atoms with Crippen molar-refractivity contribution in [3.05, 3.63) is 95.6 Å². The number of benzene rings is 4. The van der Waals surface area contributed by atoms with Gasteiger partial charge in [0.1, 0.15) is 5.69 Å². The van der Waals surface area contributed by atoms with E-state index in [-0.39, 0.29) is 33.8 Å². The fourth-order valence-corrected chi connectivity index (χ4v) is 3.37. The first kappa shape index (κ1) is 22.2. The first-order valence-electron chi connectivity index (χ1n) is 10.1. The highest BCUT2D eigenvalue weighted by atomic mass is 16.3. The smallest absolute Gasteiger partial charge is 0.259 e. The van der Waals surface area contributed by atoms with Crippen LogP contribution in [-0.4, -0.2) is 22.8 Å². The number of carbonyl (C=O) groups excluding carboxylic acids is 3. The molecule has 0 radical (unpaired) electrons. The maximum Gasteiger partial charge on any atom is 0.259 e. The molecule has 0 saturated carbocycles. The molecular weight excluding hydrogens is 434 g/mol. The van der Waals surface area contributed by atoms with Crippen LogP contribution in [0.1, 0.15) is 31.1 Å². The molecule has 4 rings (SSSR count). The Hall–Kier alpha value is -5.05. The summed E-state index contributed by atoms with van der Waals surface area (Å²) in [5.41, 5.74) is 11.4. The van der Waals surface area contributed by atoms with Gasteiger partial charge in [0, 0.05) is 22.2 Å². The molecule has 0 heterocycles. The SMILES string of the molecule is NC(=O)c1cc(/N=N\c2c(O)c(C(=O)Nc3ccccc3)cc3ccccc23)cc(C(N)=O)c1. The Morgan fingerprint density at radius 1 is 0.765 bits per heavy atom. The molecule has 0 aliphatic carbocycles. The maximum absolute atomic E-state index is 12.9. The average molecular weight is 453 g/mol. The van der Waals surface area contributed by atoms with Crippen LogP contribution in [0.4, 0.5) is 17.1 Å².